The number of rotatable bonds is 3. The van der Waals surface area contributed by atoms with Crippen molar-refractivity contribution in [3.05, 3.63) is 48.2 Å². The van der Waals surface area contributed by atoms with Crippen LogP contribution in [0.4, 0.5) is 0 Å². The maximum atomic E-state index is 5.81. The van der Waals surface area contributed by atoms with Gasteiger partial charge in [0.15, 0.2) is 5.96 Å². The van der Waals surface area contributed by atoms with Crippen LogP contribution in [-0.4, -0.2) is 18.5 Å². The summed E-state index contributed by atoms with van der Waals surface area (Å²) < 4.78 is 5.81. The van der Waals surface area contributed by atoms with E-state index in [0.717, 1.165) is 29.6 Å². The lowest BCUT2D eigenvalue weighted by atomic mass is 10.2. The van der Waals surface area contributed by atoms with E-state index in [0.29, 0.717) is 12.6 Å². The van der Waals surface area contributed by atoms with E-state index in [1.807, 2.05) is 42.5 Å². The second-order valence-electron chi connectivity index (χ2n) is 4.72. The van der Waals surface area contributed by atoms with E-state index >= 15 is 0 Å². The van der Waals surface area contributed by atoms with Crippen LogP contribution >= 0.6 is 0 Å². The Kier molecular flexibility index (Phi) is 3.23. The van der Waals surface area contributed by atoms with Gasteiger partial charge in [0, 0.05) is 11.6 Å². The zero-order chi connectivity index (χ0) is 13.1. The minimum absolute atomic E-state index is 0.416. The Balaban J connectivity index is 1.63. The normalized spacial score (nSPS) is 17.9. The van der Waals surface area contributed by atoms with Gasteiger partial charge in [0.2, 0.25) is 0 Å². The molecule has 1 aromatic heterocycles. The summed E-state index contributed by atoms with van der Waals surface area (Å²) in [6, 6.07) is 14.5. The lowest BCUT2D eigenvalue weighted by molar-refractivity contribution is 0.514. The Hall–Kier alpha value is -2.23. The minimum Gasteiger partial charge on any atom is -0.459 e. The third kappa shape index (κ3) is 2.78. The number of aliphatic imine (C=N–C) groups is 1. The average molecular weight is 255 g/mol. The van der Waals surface area contributed by atoms with E-state index in [2.05, 4.69) is 22.5 Å². The summed E-state index contributed by atoms with van der Waals surface area (Å²) in [4.78, 5) is 4.35. The maximum Gasteiger partial charge on any atom is 0.191 e. The zero-order valence-electron chi connectivity index (χ0n) is 10.9. The van der Waals surface area contributed by atoms with E-state index in [1.54, 1.807) is 0 Å². The highest BCUT2D eigenvalue weighted by molar-refractivity contribution is 5.81. The number of nitrogens with zero attached hydrogens (tertiary/aromatic N) is 1. The fourth-order valence-electron chi connectivity index (χ4n) is 2.06. The van der Waals surface area contributed by atoms with Crippen molar-refractivity contribution in [2.45, 2.75) is 19.5 Å². The van der Waals surface area contributed by atoms with Crippen LogP contribution in [0, 0.1) is 0 Å². The average Bonchev–Trinajstić information content (AvgIpc) is 3.06. The molecule has 1 atom stereocenters. The summed E-state index contributed by atoms with van der Waals surface area (Å²) in [6.07, 6.45) is 0. The van der Waals surface area contributed by atoms with Gasteiger partial charge in [0.05, 0.1) is 13.1 Å². The van der Waals surface area contributed by atoms with Crippen molar-refractivity contribution in [3.63, 3.8) is 0 Å². The maximum absolute atomic E-state index is 5.81. The number of hydrogen-bond donors (Lipinski definition) is 2. The molecule has 0 fully saturated rings. The third-order valence-electron chi connectivity index (χ3n) is 3.06. The molecule has 2 aromatic rings. The summed E-state index contributed by atoms with van der Waals surface area (Å²) in [5, 5.41) is 6.50. The SMILES string of the molecule is CC1CN=C(NCc2ccc(-c3ccccc3)o2)N1. The molecule has 1 aromatic carbocycles. The van der Waals surface area contributed by atoms with Gasteiger partial charge in [-0.05, 0) is 19.1 Å². The van der Waals surface area contributed by atoms with Crippen molar-refractivity contribution >= 4 is 5.96 Å². The molecule has 1 aliphatic rings. The Labute approximate surface area is 112 Å². The topological polar surface area (TPSA) is 49.6 Å². The third-order valence-corrected chi connectivity index (χ3v) is 3.06. The Bertz CT molecular complexity index is 574. The van der Waals surface area contributed by atoms with Gasteiger partial charge in [0.25, 0.3) is 0 Å². The lowest BCUT2D eigenvalue weighted by Gasteiger charge is -2.07. The van der Waals surface area contributed by atoms with Crippen LogP contribution in [0.5, 0.6) is 0 Å². The van der Waals surface area contributed by atoms with Crippen LogP contribution < -0.4 is 10.6 Å². The van der Waals surface area contributed by atoms with Crippen molar-refractivity contribution in [1.82, 2.24) is 10.6 Å². The molecule has 0 saturated carbocycles. The molecule has 0 spiro atoms. The molecular weight excluding hydrogens is 238 g/mol. The summed E-state index contributed by atoms with van der Waals surface area (Å²) in [5.74, 6) is 2.65. The van der Waals surface area contributed by atoms with Crippen molar-refractivity contribution in [2.24, 2.45) is 4.99 Å². The first-order valence-corrected chi connectivity index (χ1v) is 6.50. The zero-order valence-corrected chi connectivity index (χ0v) is 10.9. The first kappa shape index (κ1) is 11.8. The molecule has 1 unspecified atom stereocenters. The largest absolute Gasteiger partial charge is 0.459 e. The fraction of sp³-hybridized carbons (Fsp3) is 0.267. The monoisotopic (exact) mass is 255 g/mol. The van der Waals surface area contributed by atoms with E-state index < -0.39 is 0 Å². The fourth-order valence-corrected chi connectivity index (χ4v) is 2.06. The number of benzene rings is 1. The first-order valence-electron chi connectivity index (χ1n) is 6.50. The molecular formula is C15H17N3O. The molecule has 4 nitrogen and oxygen atoms in total. The van der Waals surface area contributed by atoms with Crippen LogP contribution in [-0.2, 0) is 6.54 Å². The van der Waals surface area contributed by atoms with E-state index in [4.69, 9.17) is 4.42 Å². The summed E-state index contributed by atoms with van der Waals surface area (Å²) >= 11 is 0. The molecule has 98 valence electrons. The first-order chi connectivity index (χ1) is 9.31. The van der Waals surface area contributed by atoms with Gasteiger partial charge in [-0.25, -0.2) is 0 Å². The van der Waals surface area contributed by atoms with Crippen LogP contribution in [0.25, 0.3) is 11.3 Å². The molecule has 4 heteroatoms. The van der Waals surface area contributed by atoms with Gasteiger partial charge >= 0.3 is 0 Å². The Morgan fingerprint density at radius 2 is 2.11 bits per heavy atom. The predicted molar refractivity (Wildman–Crippen MR) is 75.9 cm³/mol. The minimum atomic E-state index is 0.416. The van der Waals surface area contributed by atoms with Gasteiger partial charge in [-0.1, -0.05) is 30.3 Å². The van der Waals surface area contributed by atoms with E-state index in [9.17, 15) is 0 Å². The van der Waals surface area contributed by atoms with Gasteiger partial charge in [-0.2, -0.15) is 0 Å². The molecule has 2 heterocycles. The Morgan fingerprint density at radius 3 is 2.84 bits per heavy atom. The highest BCUT2D eigenvalue weighted by atomic mass is 16.3. The van der Waals surface area contributed by atoms with Crippen molar-refractivity contribution < 1.29 is 4.42 Å². The van der Waals surface area contributed by atoms with Crippen molar-refractivity contribution in [3.8, 4) is 11.3 Å². The molecule has 0 amide bonds. The van der Waals surface area contributed by atoms with E-state index in [-0.39, 0.29) is 0 Å². The summed E-state index contributed by atoms with van der Waals surface area (Å²) in [7, 11) is 0. The van der Waals surface area contributed by atoms with Gasteiger partial charge in [-0.15, -0.1) is 0 Å². The van der Waals surface area contributed by atoms with Gasteiger partial charge < -0.3 is 15.1 Å². The van der Waals surface area contributed by atoms with Crippen molar-refractivity contribution in [2.75, 3.05) is 6.54 Å². The number of hydrogen-bond acceptors (Lipinski definition) is 4. The number of furan rings is 1. The highest BCUT2D eigenvalue weighted by Crippen LogP contribution is 2.21. The smallest absolute Gasteiger partial charge is 0.191 e. The molecule has 19 heavy (non-hydrogen) atoms. The second-order valence-corrected chi connectivity index (χ2v) is 4.72. The van der Waals surface area contributed by atoms with Gasteiger partial charge in [-0.3, -0.25) is 4.99 Å². The van der Waals surface area contributed by atoms with E-state index in [1.165, 1.54) is 0 Å². The molecule has 1 aliphatic heterocycles. The quantitative estimate of drug-likeness (QED) is 0.885. The lowest BCUT2D eigenvalue weighted by Crippen LogP contribution is -2.37. The molecule has 0 bridgehead atoms. The number of nitrogens with one attached hydrogen (secondary N) is 2. The summed E-state index contributed by atoms with van der Waals surface area (Å²) in [6.45, 7) is 3.58. The second kappa shape index (κ2) is 5.18. The van der Waals surface area contributed by atoms with Crippen LogP contribution in [0.3, 0.4) is 0 Å². The van der Waals surface area contributed by atoms with Crippen LogP contribution in [0.2, 0.25) is 0 Å². The molecule has 0 saturated heterocycles. The van der Waals surface area contributed by atoms with Gasteiger partial charge in [0.1, 0.15) is 11.5 Å². The summed E-state index contributed by atoms with van der Waals surface area (Å²) in [5.41, 5.74) is 1.10. The standard InChI is InChI=1S/C15H17N3O/c1-11-9-16-15(18-11)17-10-13-7-8-14(19-13)12-5-3-2-4-6-12/h2-8,11H,9-10H2,1H3,(H2,16,17,18). The van der Waals surface area contributed by atoms with Crippen LogP contribution in [0.15, 0.2) is 51.9 Å². The molecule has 0 aliphatic carbocycles. The molecule has 2 N–H and O–H groups in total. The molecule has 0 radical (unpaired) electrons. The van der Waals surface area contributed by atoms with Crippen molar-refractivity contribution in [1.29, 1.82) is 0 Å². The number of guanidine groups is 1. The predicted octanol–water partition coefficient (Wildman–Crippen LogP) is 2.38. The Morgan fingerprint density at radius 1 is 1.26 bits per heavy atom. The molecule has 3 rings (SSSR count). The highest BCUT2D eigenvalue weighted by Gasteiger charge is 2.12. The van der Waals surface area contributed by atoms with Crippen LogP contribution in [0.1, 0.15) is 12.7 Å².